The molecule has 1 nitrogen and oxygen atoms in total. The maximum absolute atomic E-state index is 12.8. The van der Waals surface area contributed by atoms with Gasteiger partial charge in [-0.05, 0) is 37.0 Å². The molecule has 0 aliphatic heterocycles. The zero-order chi connectivity index (χ0) is 15.2. The lowest BCUT2D eigenvalue weighted by molar-refractivity contribution is -0.138. The summed E-state index contributed by atoms with van der Waals surface area (Å²) in [7, 11) is 0. The van der Waals surface area contributed by atoms with E-state index in [0.717, 1.165) is 31.7 Å². The number of nitrogens with two attached hydrogens (primary N) is 1. The molecular weight excluding hydrogens is 331 g/mol. The molecule has 0 radical (unpaired) electrons. The molecule has 112 valence electrons. The molecule has 0 saturated carbocycles. The Morgan fingerprint density at radius 3 is 2.55 bits per heavy atom. The summed E-state index contributed by atoms with van der Waals surface area (Å²) in [5.74, 6) is 0. The third-order valence-corrected chi connectivity index (χ3v) is 3.84. The van der Waals surface area contributed by atoms with E-state index in [-0.39, 0.29) is 10.5 Å². The summed E-state index contributed by atoms with van der Waals surface area (Å²) in [6.07, 6.45) is 2.13. The summed E-state index contributed by atoms with van der Waals surface area (Å²) in [6.45, 7) is 3.65. The molecule has 0 aliphatic carbocycles. The molecule has 1 unspecified atom stereocenters. The van der Waals surface area contributed by atoms with Gasteiger partial charge < -0.3 is 5.73 Å². The number of alkyl halides is 3. The van der Waals surface area contributed by atoms with E-state index >= 15 is 0 Å². The van der Waals surface area contributed by atoms with E-state index in [1.165, 1.54) is 6.07 Å². The predicted octanol–water partition coefficient (Wildman–Crippen LogP) is 5.60. The molecule has 5 heteroatoms. The Hall–Kier alpha value is -0.810. The van der Waals surface area contributed by atoms with Crippen molar-refractivity contribution in [3.63, 3.8) is 0 Å². The van der Waals surface area contributed by atoms with Crippen LogP contribution in [0.25, 0.3) is 0 Å². The van der Waals surface area contributed by atoms with E-state index in [1.807, 2.05) is 6.08 Å². The van der Waals surface area contributed by atoms with Crippen LogP contribution in [0.15, 0.2) is 35.3 Å². The highest BCUT2D eigenvalue weighted by Gasteiger charge is 2.33. The van der Waals surface area contributed by atoms with Crippen LogP contribution in [0, 0.1) is 0 Å². The van der Waals surface area contributed by atoms with Crippen LogP contribution < -0.4 is 5.73 Å². The Kier molecular flexibility index (Phi) is 6.76. The molecule has 20 heavy (non-hydrogen) atoms. The lowest BCUT2D eigenvalue weighted by Crippen LogP contribution is -2.13. The molecule has 0 heterocycles. The van der Waals surface area contributed by atoms with Gasteiger partial charge in [-0.3, -0.25) is 0 Å². The van der Waals surface area contributed by atoms with E-state index in [4.69, 9.17) is 5.73 Å². The Bertz CT molecular complexity index is 443. The van der Waals surface area contributed by atoms with E-state index in [2.05, 4.69) is 22.5 Å². The first-order chi connectivity index (χ1) is 9.36. The van der Waals surface area contributed by atoms with Gasteiger partial charge in [0.05, 0.1) is 5.56 Å². The van der Waals surface area contributed by atoms with Crippen molar-refractivity contribution in [2.45, 2.75) is 44.3 Å². The lowest BCUT2D eigenvalue weighted by atomic mass is 9.99. The van der Waals surface area contributed by atoms with Gasteiger partial charge in [0.25, 0.3) is 0 Å². The summed E-state index contributed by atoms with van der Waals surface area (Å²) >= 11 is 2.93. The summed E-state index contributed by atoms with van der Waals surface area (Å²) in [5.41, 5.74) is 5.83. The molecule has 0 aromatic heterocycles. The fourth-order valence-electron chi connectivity index (χ4n) is 1.99. The Morgan fingerprint density at radius 1 is 1.25 bits per heavy atom. The first-order valence-corrected chi connectivity index (χ1v) is 7.38. The van der Waals surface area contributed by atoms with Gasteiger partial charge in [0.1, 0.15) is 0 Å². The summed E-state index contributed by atoms with van der Waals surface area (Å²) in [6, 6.07) is 3.84. The molecule has 0 aliphatic rings. The fourth-order valence-corrected chi connectivity index (χ4v) is 2.46. The monoisotopic (exact) mass is 349 g/mol. The van der Waals surface area contributed by atoms with Gasteiger partial charge >= 0.3 is 6.18 Å². The van der Waals surface area contributed by atoms with Gasteiger partial charge in [-0.1, -0.05) is 40.9 Å². The second kappa shape index (κ2) is 7.84. The maximum atomic E-state index is 12.8. The van der Waals surface area contributed by atoms with Crippen molar-refractivity contribution in [1.29, 1.82) is 0 Å². The van der Waals surface area contributed by atoms with Gasteiger partial charge in [-0.2, -0.15) is 13.2 Å². The SMILES string of the molecule is C=CCCCCCC(N)c1ccc(Br)c(C(F)(F)F)c1. The van der Waals surface area contributed by atoms with Crippen molar-refractivity contribution in [3.8, 4) is 0 Å². The van der Waals surface area contributed by atoms with Crippen molar-refractivity contribution in [2.24, 2.45) is 5.73 Å². The van der Waals surface area contributed by atoms with Crippen LogP contribution in [0.1, 0.15) is 49.3 Å². The second-order valence-corrected chi connectivity index (χ2v) is 5.62. The van der Waals surface area contributed by atoms with E-state index in [1.54, 1.807) is 6.07 Å². The smallest absolute Gasteiger partial charge is 0.324 e. The van der Waals surface area contributed by atoms with Gasteiger partial charge in [0.15, 0.2) is 0 Å². The third kappa shape index (κ3) is 5.29. The summed E-state index contributed by atoms with van der Waals surface area (Å²) in [5, 5.41) is 0. The minimum Gasteiger partial charge on any atom is -0.324 e. The molecule has 1 aromatic rings. The van der Waals surface area contributed by atoms with Gasteiger partial charge in [-0.25, -0.2) is 0 Å². The summed E-state index contributed by atoms with van der Waals surface area (Å²) < 4.78 is 38.5. The van der Waals surface area contributed by atoms with Crippen LogP contribution in [0.2, 0.25) is 0 Å². The number of benzene rings is 1. The maximum Gasteiger partial charge on any atom is 0.417 e. The van der Waals surface area contributed by atoms with E-state index < -0.39 is 11.7 Å². The average Bonchev–Trinajstić information content (AvgIpc) is 2.37. The van der Waals surface area contributed by atoms with Gasteiger partial charge in [0.2, 0.25) is 0 Å². The Balaban J connectivity index is 2.64. The lowest BCUT2D eigenvalue weighted by Gasteiger charge is -2.15. The Labute approximate surface area is 126 Å². The van der Waals surface area contributed by atoms with Crippen molar-refractivity contribution in [3.05, 3.63) is 46.5 Å². The minimum atomic E-state index is -4.36. The molecule has 1 atom stereocenters. The number of rotatable bonds is 7. The standard InChI is InChI=1S/C15H19BrF3N/c1-2-3-4-5-6-7-14(20)11-8-9-13(16)12(10-11)15(17,18)19/h2,8-10,14H,1,3-7,20H2. The van der Waals surface area contributed by atoms with Crippen molar-refractivity contribution in [1.82, 2.24) is 0 Å². The normalized spacial score (nSPS) is 13.2. The number of halogens is 4. The third-order valence-electron chi connectivity index (χ3n) is 3.15. The summed E-state index contributed by atoms with van der Waals surface area (Å²) in [4.78, 5) is 0. The van der Waals surface area contributed by atoms with Crippen LogP contribution in [-0.4, -0.2) is 0 Å². The molecule has 1 rings (SSSR count). The Morgan fingerprint density at radius 2 is 1.95 bits per heavy atom. The molecule has 0 amide bonds. The highest BCUT2D eigenvalue weighted by Crippen LogP contribution is 2.36. The van der Waals surface area contributed by atoms with E-state index in [9.17, 15) is 13.2 Å². The molecule has 1 aromatic carbocycles. The van der Waals surface area contributed by atoms with Crippen molar-refractivity contribution >= 4 is 15.9 Å². The molecule has 0 bridgehead atoms. The molecule has 0 saturated heterocycles. The quantitative estimate of drug-likeness (QED) is 0.502. The highest BCUT2D eigenvalue weighted by molar-refractivity contribution is 9.10. The fraction of sp³-hybridized carbons (Fsp3) is 0.467. The first-order valence-electron chi connectivity index (χ1n) is 6.59. The van der Waals surface area contributed by atoms with Crippen molar-refractivity contribution < 1.29 is 13.2 Å². The van der Waals surface area contributed by atoms with Gasteiger partial charge in [-0.15, -0.1) is 6.58 Å². The minimum absolute atomic E-state index is 0.0481. The second-order valence-electron chi connectivity index (χ2n) is 4.77. The zero-order valence-corrected chi connectivity index (χ0v) is 12.8. The average molecular weight is 350 g/mol. The topological polar surface area (TPSA) is 26.0 Å². The van der Waals surface area contributed by atoms with Crippen LogP contribution in [-0.2, 0) is 6.18 Å². The van der Waals surface area contributed by atoms with Crippen LogP contribution in [0.3, 0.4) is 0 Å². The largest absolute Gasteiger partial charge is 0.417 e. The molecule has 2 N–H and O–H groups in total. The zero-order valence-electron chi connectivity index (χ0n) is 11.2. The van der Waals surface area contributed by atoms with Crippen LogP contribution >= 0.6 is 15.9 Å². The predicted molar refractivity (Wildman–Crippen MR) is 79.4 cm³/mol. The van der Waals surface area contributed by atoms with Crippen LogP contribution in [0.4, 0.5) is 13.2 Å². The number of hydrogen-bond donors (Lipinski definition) is 1. The molecule has 0 spiro atoms. The van der Waals surface area contributed by atoms with Crippen molar-refractivity contribution in [2.75, 3.05) is 0 Å². The van der Waals surface area contributed by atoms with Gasteiger partial charge in [0, 0.05) is 10.5 Å². The molecule has 0 fully saturated rings. The first kappa shape index (κ1) is 17.2. The number of allylic oxidation sites excluding steroid dienone is 1. The molecular formula is C15H19BrF3N. The number of unbranched alkanes of at least 4 members (excludes halogenated alkanes) is 3. The van der Waals surface area contributed by atoms with Crippen LogP contribution in [0.5, 0.6) is 0 Å². The number of hydrogen-bond acceptors (Lipinski definition) is 1. The van der Waals surface area contributed by atoms with E-state index in [0.29, 0.717) is 12.0 Å². The highest BCUT2D eigenvalue weighted by atomic mass is 79.9.